The quantitative estimate of drug-likeness (QED) is 0.345. The maximum Gasteiger partial charge on any atom is 0.188 e. The summed E-state index contributed by atoms with van der Waals surface area (Å²) in [6.45, 7) is 5.98. The molecule has 1 rings (SSSR count). The van der Waals surface area contributed by atoms with Crippen LogP contribution in [-0.4, -0.2) is 24.3 Å². The summed E-state index contributed by atoms with van der Waals surface area (Å²) >= 11 is 1.82. The van der Waals surface area contributed by atoms with E-state index in [1.807, 2.05) is 17.8 Å². The van der Waals surface area contributed by atoms with E-state index in [-0.39, 0.29) is 0 Å². The van der Waals surface area contributed by atoms with Crippen molar-refractivity contribution in [3.8, 4) is 0 Å². The van der Waals surface area contributed by atoms with Crippen molar-refractivity contribution in [2.45, 2.75) is 36.8 Å². The van der Waals surface area contributed by atoms with Crippen LogP contribution >= 0.6 is 11.8 Å². The molecule has 0 saturated carbocycles. The number of guanidine groups is 1. The molecular formula is C14H23N3S. The van der Waals surface area contributed by atoms with Crippen molar-refractivity contribution >= 4 is 17.7 Å². The second-order valence-electron chi connectivity index (χ2n) is 4.25. The molecule has 0 aromatic heterocycles. The lowest BCUT2D eigenvalue weighted by Crippen LogP contribution is -2.33. The van der Waals surface area contributed by atoms with Crippen LogP contribution in [0, 0.1) is 0 Å². The topological polar surface area (TPSA) is 50.4 Å². The molecule has 0 bridgehead atoms. The first-order valence-corrected chi connectivity index (χ1v) is 7.35. The molecule has 1 aromatic rings. The Morgan fingerprint density at radius 2 is 2.11 bits per heavy atom. The SMILES string of the molecule is CCCCNC(N)=NCC(C)Sc1ccccc1. The van der Waals surface area contributed by atoms with E-state index < -0.39 is 0 Å². The molecule has 4 heteroatoms. The molecule has 3 N–H and O–H groups in total. The third-order valence-electron chi connectivity index (χ3n) is 2.44. The molecule has 1 aromatic carbocycles. The van der Waals surface area contributed by atoms with Gasteiger partial charge in [-0.2, -0.15) is 0 Å². The predicted molar refractivity (Wildman–Crippen MR) is 81.2 cm³/mol. The van der Waals surface area contributed by atoms with E-state index >= 15 is 0 Å². The number of nitrogens with zero attached hydrogens (tertiary/aromatic N) is 1. The van der Waals surface area contributed by atoms with Crippen molar-refractivity contribution in [1.29, 1.82) is 0 Å². The van der Waals surface area contributed by atoms with Crippen LogP contribution in [0.25, 0.3) is 0 Å². The lowest BCUT2D eigenvalue weighted by atomic mass is 10.3. The number of thioether (sulfide) groups is 1. The molecule has 18 heavy (non-hydrogen) atoms. The summed E-state index contributed by atoms with van der Waals surface area (Å²) in [7, 11) is 0. The number of nitrogens with two attached hydrogens (primary N) is 1. The largest absolute Gasteiger partial charge is 0.370 e. The fourth-order valence-corrected chi connectivity index (χ4v) is 2.37. The second-order valence-corrected chi connectivity index (χ2v) is 5.76. The zero-order valence-electron chi connectivity index (χ0n) is 11.2. The Hall–Kier alpha value is -1.16. The summed E-state index contributed by atoms with van der Waals surface area (Å²) in [5.41, 5.74) is 5.79. The Bertz CT molecular complexity index is 351. The molecule has 0 aliphatic carbocycles. The minimum Gasteiger partial charge on any atom is -0.370 e. The highest BCUT2D eigenvalue weighted by molar-refractivity contribution is 8.00. The van der Waals surface area contributed by atoms with Gasteiger partial charge in [0.25, 0.3) is 0 Å². The fourth-order valence-electron chi connectivity index (χ4n) is 1.44. The summed E-state index contributed by atoms with van der Waals surface area (Å²) in [6, 6.07) is 10.4. The molecule has 100 valence electrons. The summed E-state index contributed by atoms with van der Waals surface area (Å²) < 4.78 is 0. The molecule has 0 radical (unpaired) electrons. The third-order valence-corrected chi connectivity index (χ3v) is 3.53. The Balaban J connectivity index is 2.27. The molecular weight excluding hydrogens is 242 g/mol. The van der Waals surface area contributed by atoms with E-state index in [2.05, 4.69) is 48.4 Å². The lowest BCUT2D eigenvalue weighted by molar-refractivity contribution is 0.747. The molecule has 0 aliphatic heterocycles. The normalized spacial score (nSPS) is 13.3. The summed E-state index contributed by atoms with van der Waals surface area (Å²) in [6.07, 6.45) is 2.30. The van der Waals surface area contributed by atoms with Gasteiger partial charge in [-0.05, 0) is 18.6 Å². The van der Waals surface area contributed by atoms with Crippen molar-refractivity contribution in [2.75, 3.05) is 13.1 Å². The van der Waals surface area contributed by atoms with Crippen molar-refractivity contribution in [1.82, 2.24) is 5.32 Å². The van der Waals surface area contributed by atoms with E-state index in [0.29, 0.717) is 11.2 Å². The summed E-state index contributed by atoms with van der Waals surface area (Å²) in [4.78, 5) is 5.63. The van der Waals surface area contributed by atoms with Crippen molar-refractivity contribution < 1.29 is 0 Å². The van der Waals surface area contributed by atoms with Gasteiger partial charge in [0.05, 0.1) is 6.54 Å². The van der Waals surface area contributed by atoms with Gasteiger partial charge in [-0.3, -0.25) is 4.99 Å². The van der Waals surface area contributed by atoms with Crippen LogP contribution in [-0.2, 0) is 0 Å². The highest BCUT2D eigenvalue weighted by Crippen LogP contribution is 2.22. The van der Waals surface area contributed by atoms with Gasteiger partial charge < -0.3 is 11.1 Å². The minimum atomic E-state index is 0.430. The maximum atomic E-state index is 5.79. The van der Waals surface area contributed by atoms with Gasteiger partial charge in [-0.15, -0.1) is 11.8 Å². The van der Waals surface area contributed by atoms with Crippen molar-refractivity contribution in [2.24, 2.45) is 10.7 Å². The molecule has 0 saturated heterocycles. The average molecular weight is 265 g/mol. The van der Waals surface area contributed by atoms with E-state index in [4.69, 9.17) is 5.73 Å². The van der Waals surface area contributed by atoms with Crippen LogP contribution in [0.3, 0.4) is 0 Å². The van der Waals surface area contributed by atoms with Gasteiger partial charge >= 0.3 is 0 Å². The molecule has 3 nitrogen and oxygen atoms in total. The number of hydrogen-bond donors (Lipinski definition) is 2. The number of hydrogen-bond acceptors (Lipinski definition) is 2. The molecule has 0 heterocycles. The Morgan fingerprint density at radius 1 is 1.39 bits per heavy atom. The molecule has 0 spiro atoms. The predicted octanol–water partition coefficient (Wildman–Crippen LogP) is 2.87. The lowest BCUT2D eigenvalue weighted by Gasteiger charge is -2.09. The number of rotatable bonds is 7. The average Bonchev–Trinajstić information content (AvgIpc) is 2.38. The van der Waals surface area contributed by atoms with Gasteiger partial charge in [0.1, 0.15) is 0 Å². The van der Waals surface area contributed by atoms with Crippen molar-refractivity contribution in [3.05, 3.63) is 30.3 Å². The Labute approximate surface area is 114 Å². The molecule has 1 atom stereocenters. The zero-order valence-corrected chi connectivity index (χ0v) is 12.0. The second kappa shape index (κ2) is 8.86. The van der Waals surface area contributed by atoms with Gasteiger partial charge in [0.15, 0.2) is 5.96 Å². The Kier molecular flexibility index (Phi) is 7.34. The fraction of sp³-hybridized carbons (Fsp3) is 0.500. The summed E-state index contributed by atoms with van der Waals surface area (Å²) in [5.74, 6) is 0.559. The van der Waals surface area contributed by atoms with Gasteiger partial charge in [-0.25, -0.2) is 0 Å². The van der Waals surface area contributed by atoms with E-state index in [1.54, 1.807) is 0 Å². The molecule has 0 aliphatic rings. The van der Waals surface area contributed by atoms with Crippen LogP contribution in [0.15, 0.2) is 40.2 Å². The highest BCUT2D eigenvalue weighted by Gasteiger charge is 2.03. The number of benzene rings is 1. The van der Waals surface area contributed by atoms with Gasteiger partial charge in [0.2, 0.25) is 0 Å². The zero-order chi connectivity index (χ0) is 13.2. The van der Waals surface area contributed by atoms with Gasteiger partial charge in [0, 0.05) is 16.7 Å². The number of unbranched alkanes of at least 4 members (excludes halogenated alkanes) is 1. The smallest absolute Gasteiger partial charge is 0.188 e. The molecule has 1 unspecified atom stereocenters. The van der Waals surface area contributed by atoms with E-state index in [9.17, 15) is 0 Å². The van der Waals surface area contributed by atoms with Crippen LogP contribution in [0.5, 0.6) is 0 Å². The van der Waals surface area contributed by atoms with Gasteiger partial charge in [-0.1, -0.05) is 38.5 Å². The van der Waals surface area contributed by atoms with Crippen LogP contribution in [0.2, 0.25) is 0 Å². The van der Waals surface area contributed by atoms with Crippen LogP contribution in [0.1, 0.15) is 26.7 Å². The highest BCUT2D eigenvalue weighted by atomic mass is 32.2. The van der Waals surface area contributed by atoms with E-state index in [0.717, 1.165) is 19.5 Å². The first kappa shape index (κ1) is 14.9. The molecule has 0 fully saturated rings. The Morgan fingerprint density at radius 3 is 2.78 bits per heavy atom. The minimum absolute atomic E-state index is 0.430. The number of nitrogens with one attached hydrogen (secondary N) is 1. The number of aliphatic imine (C=N–C) groups is 1. The van der Waals surface area contributed by atoms with Crippen LogP contribution < -0.4 is 11.1 Å². The maximum absolute atomic E-state index is 5.79. The summed E-state index contributed by atoms with van der Waals surface area (Å²) in [5, 5.41) is 3.55. The van der Waals surface area contributed by atoms with Crippen LogP contribution in [0.4, 0.5) is 0 Å². The van der Waals surface area contributed by atoms with E-state index in [1.165, 1.54) is 11.3 Å². The first-order valence-electron chi connectivity index (χ1n) is 6.48. The monoisotopic (exact) mass is 265 g/mol. The molecule has 0 amide bonds. The first-order chi connectivity index (χ1) is 8.72. The van der Waals surface area contributed by atoms with Crippen molar-refractivity contribution in [3.63, 3.8) is 0 Å². The third kappa shape index (κ3) is 6.55. The standard InChI is InChI=1S/C14H23N3S/c1-3-4-10-16-14(15)17-11-12(2)18-13-8-6-5-7-9-13/h5-9,12H,3-4,10-11H2,1-2H3,(H3,15,16,17).